The number of terminal acetylenes is 1. The highest BCUT2D eigenvalue weighted by molar-refractivity contribution is 6.28. The molecule has 0 unspecified atom stereocenters. The third-order valence-electron chi connectivity index (χ3n) is 1.98. The number of anilines is 1. The van der Waals surface area contributed by atoms with E-state index in [0.29, 0.717) is 13.0 Å². The Hall–Kier alpha value is -1.87. The van der Waals surface area contributed by atoms with Gasteiger partial charge in [0.25, 0.3) is 0 Å². The van der Waals surface area contributed by atoms with E-state index in [1.807, 2.05) is 0 Å². The molecule has 0 amide bonds. The van der Waals surface area contributed by atoms with Crippen molar-refractivity contribution in [1.82, 2.24) is 9.97 Å². The van der Waals surface area contributed by atoms with Crippen LogP contribution in [0.3, 0.4) is 0 Å². The molecule has 0 bridgehead atoms. The van der Waals surface area contributed by atoms with E-state index in [1.165, 1.54) is 0 Å². The lowest BCUT2D eigenvalue weighted by molar-refractivity contribution is -0.384. The summed E-state index contributed by atoms with van der Waals surface area (Å²) in [5.41, 5.74) is -0.189. The topological polar surface area (TPSA) is 81.0 Å². The van der Waals surface area contributed by atoms with Gasteiger partial charge in [0.2, 0.25) is 11.1 Å². The van der Waals surface area contributed by atoms with Crippen molar-refractivity contribution >= 4 is 23.1 Å². The van der Waals surface area contributed by atoms with Crippen molar-refractivity contribution < 1.29 is 4.92 Å². The van der Waals surface area contributed by atoms with Crippen LogP contribution in [0.15, 0.2) is 6.20 Å². The Morgan fingerprint density at radius 1 is 1.59 bits per heavy atom. The van der Waals surface area contributed by atoms with E-state index in [-0.39, 0.29) is 16.8 Å². The fraction of sp³-hybridized carbons (Fsp3) is 0.400. The maximum Gasteiger partial charge on any atom is 0.329 e. The Bertz CT molecular complexity index is 444. The lowest BCUT2D eigenvalue weighted by Crippen LogP contribution is -2.07. The average molecular weight is 255 g/mol. The summed E-state index contributed by atoms with van der Waals surface area (Å²) in [5, 5.41) is 13.5. The number of aromatic nitrogens is 2. The quantitative estimate of drug-likeness (QED) is 0.277. The van der Waals surface area contributed by atoms with Crippen LogP contribution in [0.1, 0.15) is 19.3 Å². The van der Waals surface area contributed by atoms with Gasteiger partial charge in [0.15, 0.2) is 0 Å². The van der Waals surface area contributed by atoms with Gasteiger partial charge in [-0.05, 0) is 24.4 Å². The molecule has 1 rings (SSSR count). The molecule has 0 radical (unpaired) electrons. The summed E-state index contributed by atoms with van der Waals surface area (Å²) in [6.45, 7) is 0.551. The number of nitrogens with zero attached hydrogens (tertiary/aromatic N) is 3. The zero-order valence-corrected chi connectivity index (χ0v) is 9.78. The van der Waals surface area contributed by atoms with Crippen molar-refractivity contribution in [3.05, 3.63) is 21.6 Å². The zero-order chi connectivity index (χ0) is 12.7. The highest BCUT2D eigenvalue weighted by atomic mass is 35.5. The van der Waals surface area contributed by atoms with E-state index in [9.17, 15) is 10.1 Å². The van der Waals surface area contributed by atoms with Crippen molar-refractivity contribution in [2.24, 2.45) is 0 Å². The van der Waals surface area contributed by atoms with Gasteiger partial charge in [-0.1, -0.05) is 0 Å². The molecule has 1 N–H and O–H groups in total. The standard InChI is InChI=1S/C10H11ClN4O2/c1-2-3-4-5-6-12-9-8(15(16)17)7-13-10(11)14-9/h1,7H,3-6H2,(H,12,13,14). The molecular weight excluding hydrogens is 244 g/mol. The normalized spacial score (nSPS) is 9.65. The number of unbranched alkanes of at least 4 members (excludes halogenated alkanes) is 2. The van der Waals surface area contributed by atoms with Gasteiger partial charge in [0.05, 0.1) is 4.92 Å². The average Bonchev–Trinajstić information content (AvgIpc) is 2.28. The summed E-state index contributed by atoms with van der Waals surface area (Å²) in [4.78, 5) is 17.5. The monoisotopic (exact) mass is 254 g/mol. The van der Waals surface area contributed by atoms with Crippen LogP contribution in [-0.2, 0) is 0 Å². The summed E-state index contributed by atoms with van der Waals surface area (Å²) >= 11 is 5.57. The van der Waals surface area contributed by atoms with Gasteiger partial charge in [-0.25, -0.2) is 4.98 Å². The third-order valence-corrected chi connectivity index (χ3v) is 2.16. The van der Waals surface area contributed by atoms with Crippen molar-refractivity contribution in [2.75, 3.05) is 11.9 Å². The Morgan fingerprint density at radius 2 is 2.35 bits per heavy atom. The molecule has 7 heteroatoms. The molecule has 90 valence electrons. The lowest BCUT2D eigenvalue weighted by Gasteiger charge is -2.05. The Kier molecular flexibility index (Phi) is 5.17. The van der Waals surface area contributed by atoms with Crippen LogP contribution in [0.5, 0.6) is 0 Å². The van der Waals surface area contributed by atoms with Gasteiger partial charge in [0, 0.05) is 13.0 Å². The fourth-order valence-corrected chi connectivity index (χ4v) is 1.31. The van der Waals surface area contributed by atoms with E-state index in [1.54, 1.807) is 0 Å². The van der Waals surface area contributed by atoms with E-state index in [4.69, 9.17) is 18.0 Å². The molecule has 0 atom stereocenters. The second kappa shape index (κ2) is 6.66. The molecule has 0 saturated heterocycles. The van der Waals surface area contributed by atoms with Crippen molar-refractivity contribution in [1.29, 1.82) is 0 Å². The molecule has 0 aliphatic rings. The molecule has 0 saturated carbocycles. The number of hydrogen-bond donors (Lipinski definition) is 1. The van der Waals surface area contributed by atoms with Crippen molar-refractivity contribution in [3.8, 4) is 12.3 Å². The minimum absolute atomic E-state index is 0.0262. The largest absolute Gasteiger partial charge is 0.364 e. The molecule has 1 aromatic heterocycles. The Labute approximate surface area is 104 Å². The fourth-order valence-electron chi connectivity index (χ4n) is 1.18. The summed E-state index contributed by atoms with van der Waals surface area (Å²) < 4.78 is 0. The van der Waals surface area contributed by atoms with Crippen LogP contribution in [0.2, 0.25) is 5.28 Å². The molecule has 0 aromatic carbocycles. The van der Waals surface area contributed by atoms with Gasteiger partial charge in [-0.2, -0.15) is 4.98 Å². The van der Waals surface area contributed by atoms with Gasteiger partial charge >= 0.3 is 5.69 Å². The summed E-state index contributed by atoms with van der Waals surface area (Å²) in [7, 11) is 0. The lowest BCUT2D eigenvalue weighted by atomic mass is 10.2. The number of halogens is 1. The first kappa shape index (κ1) is 13.2. The van der Waals surface area contributed by atoms with Crippen LogP contribution in [0.25, 0.3) is 0 Å². The third kappa shape index (κ3) is 4.25. The molecule has 0 aliphatic carbocycles. The second-order valence-electron chi connectivity index (χ2n) is 3.22. The number of hydrogen-bond acceptors (Lipinski definition) is 5. The SMILES string of the molecule is C#CCCCCNc1nc(Cl)ncc1[N+](=O)[O-]. The molecule has 0 spiro atoms. The van der Waals surface area contributed by atoms with Gasteiger partial charge in [-0.3, -0.25) is 10.1 Å². The van der Waals surface area contributed by atoms with E-state index < -0.39 is 4.92 Å². The maximum absolute atomic E-state index is 10.7. The van der Waals surface area contributed by atoms with E-state index >= 15 is 0 Å². The number of rotatable bonds is 6. The molecule has 0 aliphatic heterocycles. The number of nitro groups is 1. The first-order valence-corrected chi connectivity index (χ1v) is 5.37. The van der Waals surface area contributed by atoms with Gasteiger partial charge < -0.3 is 5.32 Å². The van der Waals surface area contributed by atoms with Crippen molar-refractivity contribution in [2.45, 2.75) is 19.3 Å². The minimum Gasteiger partial charge on any atom is -0.364 e. The maximum atomic E-state index is 10.7. The highest BCUT2D eigenvalue weighted by Crippen LogP contribution is 2.21. The molecule has 17 heavy (non-hydrogen) atoms. The minimum atomic E-state index is -0.555. The second-order valence-corrected chi connectivity index (χ2v) is 3.56. The first-order valence-electron chi connectivity index (χ1n) is 4.99. The van der Waals surface area contributed by atoms with Gasteiger partial charge in [0.1, 0.15) is 6.20 Å². The zero-order valence-electron chi connectivity index (χ0n) is 9.02. The van der Waals surface area contributed by atoms with Gasteiger partial charge in [-0.15, -0.1) is 12.3 Å². The highest BCUT2D eigenvalue weighted by Gasteiger charge is 2.15. The summed E-state index contributed by atoms with van der Waals surface area (Å²) in [6.07, 6.45) is 8.54. The number of nitrogens with one attached hydrogen (secondary N) is 1. The smallest absolute Gasteiger partial charge is 0.329 e. The predicted octanol–water partition coefficient (Wildman–Crippen LogP) is 2.25. The molecule has 0 fully saturated rings. The Balaban J connectivity index is 2.60. The first-order chi connectivity index (χ1) is 8.15. The summed E-state index contributed by atoms with van der Waals surface area (Å²) in [5.74, 6) is 2.66. The van der Waals surface area contributed by atoms with Crippen LogP contribution in [-0.4, -0.2) is 21.4 Å². The predicted molar refractivity (Wildman–Crippen MR) is 64.9 cm³/mol. The van der Waals surface area contributed by atoms with Crippen molar-refractivity contribution in [3.63, 3.8) is 0 Å². The van der Waals surface area contributed by atoms with E-state index in [2.05, 4.69) is 21.2 Å². The molecule has 1 heterocycles. The molecule has 1 aromatic rings. The van der Waals surface area contributed by atoms with Crippen LogP contribution in [0, 0.1) is 22.5 Å². The van der Waals surface area contributed by atoms with E-state index in [0.717, 1.165) is 19.0 Å². The summed E-state index contributed by atoms with van der Waals surface area (Å²) in [6, 6.07) is 0. The molecule has 6 nitrogen and oxygen atoms in total. The molecular formula is C10H11ClN4O2. The van der Waals surface area contributed by atoms with Crippen LogP contribution < -0.4 is 5.32 Å². The Morgan fingerprint density at radius 3 is 3.00 bits per heavy atom. The van der Waals surface area contributed by atoms with Crippen LogP contribution >= 0.6 is 11.6 Å². The van der Waals surface area contributed by atoms with Crippen LogP contribution in [0.4, 0.5) is 11.5 Å².